The van der Waals surface area contributed by atoms with E-state index < -0.39 is 0 Å². The molecule has 2 rings (SSSR count). The first-order chi connectivity index (χ1) is 8.56. The van der Waals surface area contributed by atoms with E-state index in [2.05, 4.69) is 5.32 Å². The Bertz CT molecular complexity index is 593. The number of carbonyl (C=O) groups is 1. The molecule has 0 aromatic heterocycles. The van der Waals surface area contributed by atoms with Crippen molar-refractivity contribution in [2.75, 3.05) is 16.8 Å². The number of amides is 1. The number of benzene rings is 2. The van der Waals surface area contributed by atoms with E-state index in [1.54, 1.807) is 18.2 Å². The highest BCUT2D eigenvalue weighted by atomic mass is 16.1. The molecular weight excluding hydrogens is 226 g/mol. The van der Waals surface area contributed by atoms with E-state index in [-0.39, 0.29) is 5.91 Å². The van der Waals surface area contributed by atoms with Gasteiger partial charge in [-0.15, -0.1) is 0 Å². The SMILES string of the molecule is Cc1cccc(NC(=O)c2ccc(N)cc2N)c1. The Hall–Kier alpha value is -2.49. The van der Waals surface area contributed by atoms with E-state index in [1.807, 2.05) is 31.2 Å². The molecule has 0 saturated heterocycles. The van der Waals surface area contributed by atoms with Crippen LogP contribution >= 0.6 is 0 Å². The van der Waals surface area contributed by atoms with E-state index in [4.69, 9.17) is 11.5 Å². The van der Waals surface area contributed by atoms with Gasteiger partial charge in [-0.2, -0.15) is 0 Å². The molecule has 92 valence electrons. The molecule has 0 aliphatic rings. The summed E-state index contributed by atoms with van der Waals surface area (Å²) in [6, 6.07) is 12.4. The van der Waals surface area contributed by atoms with Crippen molar-refractivity contribution in [3.05, 3.63) is 53.6 Å². The molecular formula is C14H15N3O. The van der Waals surface area contributed by atoms with Gasteiger partial charge in [0.15, 0.2) is 0 Å². The van der Waals surface area contributed by atoms with Crippen LogP contribution in [0, 0.1) is 6.92 Å². The average molecular weight is 241 g/mol. The van der Waals surface area contributed by atoms with Crippen molar-refractivity contribution in [2.24, 2.45) is 0 Å². The van der Waals surface area contributed by atoms with Crippen molar-refractivity contribution in [2.45, 2.75) is 6.92 Å². The molecule has 0 heterocycles. The van der Waals surface area contributed by atoms with Crippen LogP contribution in [0.1, 0.15) is 15.9 Å². The summed E-state index contributed by atoms with van der Waals surface area (Å²) >= 11 is 0. The van der Waals surface area contributed by atoms with Gasteiger partial charge in [-0.3, -0.25) is 4.79 Å². The summed E-state index contributed by atoms with van der Waals surface area (Å²) in [6.07, 6.45) is 0. The molecule has 2 aromatic rings. The molecule has 5 N–H and O–H groups in total. The van der Waals surface area contributed by atoms with Gasteiger partial charge in [-0.25, -0.2) is 0 Å². The second-order valence-corrected chi connectivity index (χ2v) is 4.17. The fourth-order valence-electron chi connectivity index (χ4n) is 1.71. The van der Waals surface area contributed by atoms with Gasteiger partial charge in [0.1, 0.15) is 0 Å². The fraction of sp³-hybridized carbons (Fsp3) is 0.0714. The van der Waals surface area contributed by atoms with E-state index in [1.165, 1.54) is 0 Å². The van der Waals surface area contributed by atoms with Gasteiger partial charge in [0.25, 0.3) is 5.91 Å². The van der Waals surface area contributed by atoms with Crippen LogP contribution in [0.4, 0.5) is 17.1 Å². The lowest BCUT2D eigenvalue weighted by atomic mass is 10.1. The molecule has 1 amide bonds. The highest BCUT2D eigenvalue weighted by molar-refractivity contribution is 6.08. The zero-order chi connectivity index (χ0) is 13.1. The maximum Gasteiger partial charge on any atom is 0.257 e. The summed E-state index contributed by atoms with van der Waals surface area (Å²) in [6.45, 7) is 1.97. The number of hydrogen-bond donors (Lipinski definition) is 3. The molecule has 4 heteroatoms. The van der Waals surface area contributed by atoms with Crippen LogP contribution in [0.2, 0.25) is 0 Å². The van der Waals surface area contributed by atoms with Gasteiger partial charge >= 0.3 is 0 Å². The fourth-order valence-corrected chi connectivity index (χ4v) is 1.71. The number of anilines is 3. The van der Waals surface area contributed by atoms with Crippen LogP contribution in [0.25, 0.3) is 0 Å². The van der Waals surface area contributed by atoms with Gasteiger partial charge in [-0.05, 0) is 42.8 Å². The number of carbonyl (C=O) groups excluding carboxylic acids is 1. The van der Waals surface area contributed by atoms with Crippen LogP contribution in [0.5, 0.6) is 0 Å². The molecule has 0 radical (unpaired) electrons. The molecule has 0 fully saturated rings. The number of nitrogens with two attached hydrogens (primary N) is 2. The Balaban J connectivity index is 2.22. The highest BCUT2D eigenvalue weighted by Gasteiger charge is 2.09. The molecule has 2 aromatic carbocycles. The first kappa shape index (κ1) is 12.0. The smallest absolute Gasteiger partial charge is 0.257 e. The molecule has 4 nitrogen and oxygen atoms in total. The summed E-state index contributed by atoms with van der Waals surface area (Å²) in [5.74, 6) is -0.238. The maximum absolute atomic E-state index is 12.0. The van der Waals surface area contributed by atoms with E-state index >= 15 is 0 Å². The maximum atomic E-state index is 12.0. The first-order valence-corrected chi connectivity index (χ1v) is 5.59. The van der Waals surface area contributed by atoms with Crippen molar-refractivity contribution < 1.29 is 4.79 Å². The largest absolute Gasteiger partial charge is 0.399 e. The predicted molar refractivity (Wildman–Crippen MR) is 74.4 cm³/mol. The second kappa shape index (κ2) is 4.79. The Morgan fingerprint density at radius 3 is 2.56 bits per heavy atom. The molecule has 0 bridgehead atoms. The third-order valence-corrected chi connectivity index (χ3v) is 2.60. The number of hydrogen-bond acceptors (Lipinski definition) is 3. The lowest BCUT2D eigenvalue weighted by Gasteiger charge is -2.08. The van der Waals surface area contributed by atoms with Gasteiger partial charge in [-0.1, -0.05) is 12.1 Å². The number of rotatable bonds is 2. The first-order valence-electron chi connectivity index (χ1n) is 5.59. The van der Waals surface area contributed by atoms with Crippen molar-refractivity contribution in [1.29, 1.82) is 0 Å². The summed E-state index contributed by atoms with van der Waals surface area (Å²) in [5.41, 5.74) is 14.5. The predicted octanol–water partition coefficient (Wildman–Crippen LogP) is 2.41. The van der Waals surface area contributed by atoms with E-state index in [0.717, 1.165) is 11.3 Å². The lowest BCUT2D eigenvalue weighted by Crippen LogP contribution is -2.14. The zero-order valence-electron chi connectivity index (χ0n) is 10.1. The summed E-state index contributed by atoms with van der Waals surface area (Å²) in [4.78, 5) is 12.0. The van der Waals surface area contributed by atoms with Crippen LogP contribution in [0.15, 0.2) is 42.5 Å². The van der Waals surface area contributed by atoms with Crippen LogP contribution in [-0.2, 0) is 0 Å². The van der Waals surface area contributed by atoms with Crippen molar-refractivity contribution >= 4 is 23.0 Å². The third-order valence-electron chi connectivity index (χ3n) is 2.60. The average Bonchev–Trinajstić information content (AvgIpc) is 2.28. The lowest BCUT2D eigenvalue weighted by molar-refractivity contribution is 0.102. The van der Waals surface area contributed by atoms with Crippen LogP contribution in [-0.4, -0.2) is 5.91 Å². The van der Waals surface area contributed by atoms with Crippen molar-refractivity contribution in [1.82, 2.24) is 0 Å². The molecule has 0 aliphatic heterocycles. The zero-order valence-corrected chi connectivity index (χ0v) is 10.1. The summed E-state index contributed by atoms with van der Waals surface area (Å²) in [7, 11) is 0. The summed E-state index contributed by atoms with van der Waals surface area (Å²) < 4.78 is 0. The van der Waals surface area contributed by atoms with E-state index in [0.29, 0.717) is 16.9 Å². The summed E-state index contributed by atoms with van der Waals surface area (Å²) in [5, 5.41) is 2.80. The Kier molecular flexibility index (Phi) is 3.19. The minimum atomic E-state index is -0.238. The number of aryl methyl sites for hydroxylation is 1. The van der Waals surface area contributed by atoms with Crippen molar-refractivity contribution in [3.63, 3.8) is 0 Å². The second-order valence-electron chi connectivity index (χ2n) is 4.17. The molecule has 0 spiro atoms. The standard InChI is InChI=1S/C14H15N3O/c1-9-3-2-4-11(7-9)17-14(18)12-6-5-10(15)8-13(12)16/h2-8H,15-16H2,1H3,(H,17,18). The van der Waals surface area contributed by atoms with Crippen LogP contribution < -0.4 is 16.8 Å². The van der Waals surface area contributed by atoms with Gasteiger partial charge in [0.2, 0.25) is 0 Å². The topological polar surface area (TPSA) is 81.1 Å². The Morgan fingerprint density at radius 2 is 1.89 bits per heavy atom. The number of nitrogen functional groups attached to an aromatic ring is 2. The molecule has 0 saturated carbocycles. The van der Waals surface area contributed by atoms with Crippen LogP contribution in [0.3, 0.4) is 0 Å². The van der Waals surface area contributed by atoms with E-state index in [9.17, 15) is 4.79 Å². The Morgan fingerprint density at radius 1 is 1.11 bits per heavy atom. The molecule has 0 unspecified atom stereocenters. The normalized spacial score (nSPS) is 10.1. The molecule has 0 aliphatic carbocycles. The minimum Gasteiger partial charge on any atom is -0.399 e. The van der Waals surface area contributed by atoms with Crippen molar-refractivity contribution in [3.8, 4) is 0 Å². The third kappa shape index (κ3) is 2.60. The monoisotopic (exact) mass is 241 g/mol. The minimum absolute atomic E-state index is 0.238. The number of nitrogens with one attached hydrogen (secondary N) is 1. The molecule has 18 heavy (non-hydrogen) atoms. The molecule has 0 atom stereocenters. The van der Waals surface area contributed by atoms with Gasteiger partial charge in [0.05, 0.1) is 5.56 Å². The van der Waals surface area contributed by atoms with Gasteiger partial charge in [0, 0.05) is 17.1 Å². The Labute approximate surface area is 106 Å². The highest BCUT2D eigenvalue weighted by Crippen LogP contribution is 2.18. The quantitative estimate of drug-likeness (QED) is 0.706. The van der Waals surface area contributed by atoms with Gasteiger partial charge < -0.3 is 16.8 Å².